The minimum atomic E-state index is 0.750. The third-order valence-electron chi connectivity index (χ3n) is 1.95. The summed E-state index contributed by atoms with van der Waals surface area (Å²) in [5.41, 5.74) is 0. The molecule has 1 saturated heterocycles. The SMILES string of the molecule is C/C=C/CNCC1CCOC1. The molecule has 1 fully saturated rings. The standard InChI is InChI=1S/C9H17NO/c1-2-3-5-10-7-9-4-6-11-8-9/h2-3,9-10H,4-8H2,1H3/b3-2+. The van der Waals surface area contributed by atoms with Crippen molar-refractivity contribution < 1.29 is 4.74 Å². The van der Waals surface area contributed by atoms with E-state index in [-0.39, 0.29) is 0 Å². The molecule has 0 amide bonds. The molecule has 0 aromatic carbocycles. The van der Waals surface area contributed by atoms with Crippen LogP contribution in [0.25, 0.3) is 0 Å². The van der Waals surface area contributed by atoms with E-state index in [0.717, 1.165) is 32.2 Å². The van der Waals surface area contributed by atoms with Crippen LogP contribution in [0.2, 0.25) is 0 Å². The van der Waals surface area contributed by atoms with Gasteiger partial charge in [-0.2, -0.15) is 0 Å². The lowest BCUT2D eigenvalue weighted by atomic mass is 10.1. The molecule has 0 aliphatic carbocycles. The molecule has 0 aromatic heterocycles. The van der Waals surface area contributed by atoms with Crippen LogP contribution in [0.5, 0.6) is 0 Å². The second-order valence-electron chi connectivity index (χ2n) is 2.96. The van der Waals surface area contributed by atoms with Gasteiger partial charge in [-0.25, -0.2) is 0 Å². The van der Waals surface area contributed by atoms with Gasteiger partial charge in [-0.3, -0.25) is 0 Å². The largest absolute Gasteiger partial charge is 0.381 e. The molecule has 1 heterocycles. The van der Waals surface area contributed by atoms with E-state index in [1.54, 1.807) is 0 Å². The Bertz CT molecular complexity index is 117. The fourth-order valence-corrected chi connectivity index (χ4v) is 1.23. The Morgan fingerprint density at radius 1 is 1.64 bits per heavy atom. The average molecular weight is 155 g/mol. The molecular weight excluding hydrogens is 138 g/mol. The summed E-state index contributed by atoms with van der Waals surface area (Å²) < 4.78 is 5.26. The summed E-state index contributed by atoms with van der Waals surface area (Å²) in [6.45, 7) is 6.04. The molecule has 2 heteroatoms. The van der Waals surface area contributed by atoms with Gasteiger partial charge in [-0.05, 0) is 19.3 Å². The molecule has 64 valence electrons. The van der Waals surface area contributed by atoms with Gasteiger partial charge in [0.25, 0.3) is 0 Å². The summed E-state index contributed by atoms with van der Waals surface area (Å²) >= 11 is 0. The second kappa shape index (κ2) is 5.33. The molecule has 1 N–H and O–H groups in total. The van der Waals surface area contributed by atoms with Gasteiger partial charge in [0, 0.05) is 19.7 Å². The van der Waals surface area contributed by atoms with Crippen LogP contribution < -0.4 is 5.32 Å². The third-order valence-corrected chi connectivity index (χ3v) is 1.95. The first-order valence-electron chi connectivity index (χ1n) is 4.33. The molecule has 1 aliphatic heterocycles. The van der Waals surface area contributed by atoms with Gasteiger partial charge in [0.2, 0.25) is 0 Å². The van der Waals surface area contributed by atoms with Crippen molar-refractivity contribution in [2.24, 2.45) is 5.92 Å². The molecule has 2 nitrogen and oxygen atoms in total. The molecule has 0 radical (unpaired) electrons. The van der Waals surface area contributed by atoms with E-state index < -0.39 is 0 Å². The van der Waals surface area contributed by atoms with Crippen molar-refractivity contribution in [3.8, 4) is 0 Å². The zero-order chi connectivity index (χ0) is 7.94. The molecule has 1 aliphatic rings. The molecule has 0 aromatic rings. The molecule has 1 unspecified atom stereocenters. The molecule has 0 saturated carbocycles. The Labute approximate surface area is 68.6 Å². The highest BCUT2D eigenvalue weighted by Crippen LogP contribution is 2.10. The van der Waals surface area contributed by atoms with Crippen molar-refractivity contribution in [3.63, 3.8) is 0 Å². The van der Waals surface area contributed by atoms with Gasteiger partial charge in [0.05, 0.1) is 6.61 Å². The zero-order valence-corrected chi connectivity index (χ0v) is 7.18. The number of allylic oxidation sites excluding steroid dienone is 1. The van der Waals surface area contributed by atoms with Crippen LogP contribution >= 0.6 is 0 Å². The normalized spacial score (nSPS) is 25.0. The quantitative estimate of drug-likeness (QED) is 0.486. The Morgan fingerprint density at radius 2 is 2.55 bits per heavy atom. The first kappa shape index (κ1) is 8.75. The molecule has 1 atom stereocenters. The average Bonchev–Trinajstić information content (AvgIpc) is 2.50. The van der Waals surface area contributed by atoms with E-state index in [2.05, 4.69) is 17.5 Å². The highest BCUT2D eigenvalue weighted by Gasteiger charge is 2.13. The minimum Gasteiger partial charge on any atom is -0.381 e. The number of rotatable bonds is 4. The number of nitrogens with one attached hydrogen (secondary N) is 1. The van der Waals surface area contributed by atoms with Crippen LogP contribution in [0.1, 0.15) is 13.3 Å². The van der Waals surface area contributed by atoms with Gasteiger partial charge in [0.15, 0.2) is 0 Å². The van der Waals surface area contributed by atoms with Gasteiger partial charge in [0.1, 0.15) is 0 Å². The highest BCUT2D eigenvalue weighted by molar-refractivity contribution is 4.80. The third kappa shape index (κ3) is 3.54. The van der Waals surface area contributed by atoms with Crippen molar-refractivity contribution in [1.29, 1.82) is 0 Å². The predicted molar refractivity (Wildman–Crippen MR) is 46.6 cm³/mol. The molecule has 0 bridgehead atoms. The van der Waals surface area contributed by atoms with Gasteiger partial charge < -0.3 is 10.1 Å². The molecule has 11 heavy (non-hydrogen) atoms. The van der Waals surface area contributed by atoms with E-state index >= 15 is 0 Å². The molecular formula is C9H17NO. The summed E-state index contributed by atoms with van der Waals surface area (Å²) in [6, 6.07) is 0. The van der Waals surface area contributed by atoms with E-state index in [0.29, 0.717) is 0 Å². The summed E-state index contributed by atoms with van der Waals surface area (Å²) in [4.78, 5) is 0. The first-order valence-corrected chi connectivity index (χ1v) is 4.33. The van der Waals surface area contributed by atoms with Gasteiger partial charge in [-0.1, -0.05) is 12.2 Å². The topological polar surface area (TPSA) is 21.3 Å². The van der Waals surface area contributed by atoms with Gasteiger partial charge in [-0.15, -0.1) is 0 Å². The molecule has 0 spiro atoms. The van der Waals surface area contributed by atoms with Crippen LogP contribution in [-0.4, -0.2) is 26.3 Å². The minimum absolute atomic E-state index is 0.750. The molecule has 1 rings (SSSR count). The number of ether oxygens (including phenoxy) is 1. The maximum absolute atomic E-state index is 5.26. The highest BCUT2D eigenvalue weighted by atomic mass is 16.5. The number of hydrogen-bond donors (Lipinski definition) is 1. The van der Waals surface area contributed by atoms with Crippen molar-refractivity contribution in [3.05, 3.63) is 12.2 Å². The number of hydrogen-bond acceptors (Lipinski definition) is 2. The van der Waals surface area contributed by atoms with Crippen LogP contribution in [0.4, 0.5) is 0 Å². The Balaban J connectivity index is 1.93. The lowest BCUT2D eigenvalue weighted by Crippen LogP contribution is -2.22. The maximum Gasteiger partial charge on any atom is 0.0507 e. The van der Waals surface area contributed by atoms with Crippen LogP contribution in [0.3, 0.4) is 0 Å². The van der Waals surface area contributed by atoms with Crippen LogP contribution in [-0.2, 0) is 4.74 Å². The predicted octanol–water partition coefficient (Wildman–Crippen LogP) is 1.19. The van der Waals surface area contributed by atoms with E-state index in [4.69, 9.17) is 4.74 Å². The monoisotopic (exact) mass is 155 g/mol. The first-order chi connectivity index (χ1) is 5.43. The smallest absolute Gasteiger partial charge is 0.0507 e. The van der Waals surface area contributed by atoms with E-state index in [1.165, 1.54) is 6.42 Å². The summed E-state index contributed by atoms with van der Waals surface area (Å²) in [7, 11) is 0. The van der Waals surface area contributed by atoms with Crippen LogP contribution in [0.15, 0.2) is 12.2 Å². The van der Waals surface area contributed by atoms with Crippen molar-refractivity contribution in [2.45, 2.75) is 13.3 Å². The Kier molecular flexibility index (Phi) is 4.24. The Morgan fingerprint density at radius 3 is 3.18 bits per heavy atom. The summed E-state index contributed by atoms with van der Waals surface area (Å²) in [6.07, 6.45) is 5.43. The lowest BCUT2D eigenvalue weighted by Gasteiger charge is -2.06. The maximum atomic E-state index is 5.26. The van der Waals surface area contributed by atoms with E-state index in [1.807, 2.05) is 6.92 Å². The van der Waals surface area contributed by atoms with E-state index in [9.17, 15) is 0 Å². The fraction of sp³-hybridized carbons (Fsp3) is 0.778. The summed E-state index contributed by atoms with van der Waals surface area (Å²) in [5.74, 6) is 0.750. The van der Waals surface area contributed by atoms with Crippen molar-refractivity contribution >= 4 is 0 Å². The Hall–Kier alpha value is -0.340. The van der Waals surface area contributed by atoms with Gasteiger partial charge >= 0.3 is 0 Å². The lowest BCUT2D eigenvalue weighted by molar-refractivity contribution is 0.185. The van der Waals surface area contributed by atoms with Crippen molar-refractivity contribution in [2.75, 3.05) is 26.3 Å². The second-order valence-corrected chi connectivity index (χ2v) is 2.96. The zero-order valence-electron chi connectivity index (χ0n) is 7.18. The fourth-order valence-electron chi connectivity index (χ4n) is 1.23. The van der Waals surface area contributed by atoms with Crippen LogP contribution in [0, 0.1) is 5.92 Å². The summed E-state index contributed by atoms with van der Waals surface area (Å²) in [5, 5.41) is 3.36. The van der Waals surface area contributed by atoms with Crippen molar-refractivity contribution in [1.82, 2.24) is 5.32 Å².